The molecule has 0 unspecified atom stereocenters. The molecule has 0 atom stereocenters. The van der Waals surface area contributed by atoms with E-state index in [0.29, 0.717) is 6.54 Å². The van der Waals surface area contributed by atoms with Crippen LogP contribution >= 0.6 is 11.3 Å². The average molecular weight is 276 g/mol. The van der Waals surface area contributed by atoms with Crippen LogP contribution in [0, 0.1) is 6.92 Å². The molecule has 0 spiro atoms. The van der Waals surface area contributed by atoms with Crippen molar-refractivity contribution in [2.45, 2.75) is 20.4 Å². The third-order valence-corrected chi connectivity index (χ3v) is 4.04. The molecule has 0 fully saturated rings. The first-order valence-corrected chi connectivity index (χ1v) is 7.45. The fourth-order valence-electron chi connectivity index (χ4n) is 1.93. The van der Waals surface area contributed by atoms with Crippen molar-refractivity contribution in [3.05, 3.63) is 40.9 Å². The minimum Gasteiger partial charge on any atom is -0.395 e. The Labute approximate surface area is 118 Å². The molecule has 0 bridgehead atoms. The van der Waals surface area contributed by atoms with Crippen LogP contribution in [-0.2, 0) is 6.54 Å². The van der Waals surface area contributed by atoms with E-state index >= 15 is 0 Å². The number of aromatic nitrogens is 1. The SMILES string of the molecule is CCN(CCO)Cc1csc(-c2ccc(C)cc2)n1. The van der Waals surface area contributed by atoms with Gasteiger partial charge in [0.05, 0.1) is 12.3 Å². The molecule has 0 radical (unpaired) electrons. The van der Waals surface area contributed by atoms with Crippen LogP contribution in [-0.4, -0.2) is 34.7 Å². The highest BCUT2D eigenvalue weighted by Crippen LogP contribution is 2.24. The summed E-state index contributed by atoms with van der Waals surface area (Å²) >= 11 is 1.68. The van der Waals surface area contributed by atoms with Gasteiger partial charge >= 0.3 is 0 Å². The average Bonchev–Trinajstić information content (AvgIpc) is 2.87. The number of hydrogen-bond acceptors (Lipinski definition) is 4. The van der Waals surface area contributed by atoms with Gasteiger partial charge < -0.3 is 5.11 Å². The zero-order chi connectivity index (χ0) is 13.7. The lowest BCUT2D eigenvalue weighted by Gasteiger charge is -2.17. The van der Waals surface area contributed by atoms with Crippen molar-refractivity contribution in [3.63, 3.8) is 0 Å². The number of aliphatic hydroxyl groups excluding tert-OH is 1. The molecule has 0 aliphatic heterocycles. The van der Waals surface area contributed by atoms with E-state index in [1.165, 1.54) is 11.1 Å². The minimum atomic E-state index is 0.197. The van der Waals surface area contributed by atoms with Gasteiger partial charge in [0, 0.05) is 24.0 Å². The van der Waals surface area contributed by atoms with Gasteiger partial charge in [-0.25, -0.2) is 4.98 Å². The van der Waals surface area contributed by atoms with Crippen molar-refractivity contribution < 1.29 is 5.11 Å². The lowest BCUT2D eigenvalue weighted by atomic mass is 10.2. The Balaban J connectivity index is 2.08. The van der Waals surface area contributed by atoms with E-state index < -0.39 is 0 Å². The Morgan fingerprint density at radius 3 is 2.63 bits per heavy atom. The van der Waals surface area contributed by atoms with Crippen molar-refractivity contribution >= 4 is 11.3 Å². The van der Waals surface area contributed by atoms with Crippen LogP contribution in [0.5, 0.6) is 0 Å². The Kier molecular flexibility index (Phi) is 5.07. The van der Waals surface area contributed by atoms with Crippen molar-refractivity contribution in [2.24, 2.45) is 0 Å². The van der Waals surface area contributed by atoms with Crippen LogP contribution in [0.4, 0.5) is 0 Å². The predicted octanol–water partition coefficient (Wildman–Crippen LogP) is 2.93. The van der Waals surface area contributed by atoms with Gasteiger partial charge in [0.1, 0.15) is 5.01 Å². The normalized spacial score (nSPS) is 11.2. The summed E-state index contributed by atoms with van der Waals surface area (Å²) in [6.45, 7) is 6.82. The molecule has 2 aromatic rings. The number of nitrogens with zero attached hydrogens (tertiary/aromatic N) is 2. The quantitative estimate of drug-likeness (QED) is 0.881. The van der Waals surface area contributed by atoms with Gasteiger partial charge in [0.2, 0.25) is 0 Å². The number of aryl methyl sites for hydroxylation is 1. The first kappa shape index (κ1) is 14.2. The van der Waals surface area contributed by atoms with Crippen molar-refractivity contribution in [2.75, 3.05) is 19.7 Å². The molecule has 0 saturated carbocycles. The third kappa shape index (κ3) is 3.86. The van der Waals surface area contributed by atoms with Crippen LogP contribution < -0.4 is 0 Å². The smallest absolute Gasteiger partial charge is 0.123 e. The molecule has 1 N–H and O–H groups in total. The van der Waals surface area contributed by atoms with Gasteiger partial charge in [-0.1, -0.05) is 36.8 Å². The maximum Gasteiger partial charge on any atom is 0.123 e. The predicted molar refractivity (Wildman–Crippen MR) is 80.3 cm³/mol. The monoisotopic (exact) mass is 276 g/mol. The summed E-state index contributed by atoms with van der Waals surface area (Å²) in [7, 11) is 0. The zero-order valence-electron chi connectivity index (χ0n) is 11.5. The maximum absolute atomic E-state index is 9.00. The summed E-state index contributed by atoms with van der Waals surface area (Å²) in [5.41, 5.74) is 3.52. The van der Waals surface area contributed by atoms with Crippen LogP contribution in [0.3, 0.4) is 0 Å². The number of aliphatic hydroxyl groups is 1. The van der Waals surface area contributed by atoms with Gasteiger partial charge in [-0.2, -0.15) is 0 Å². The zero-order valence-corrected chi connectivity index (χ0v) is 12.3. The van der Waals surface area contributed by atoms with Crippen molar-refractivity contribution in [1.29, 1.82) is 0 Å². The number of benzene rings is 1. The molecular formula is C15H20N2OS. The van der Waals surface area contributed by atoms with E-state index in [4.69, 9.17) is 5.11 Å². The second-order valence-electron chi connectivity index (χ2n) is 4.60. The molecule has 0 aliphatic rings. The first-order chi connectivity index (χ1) is 9.22. The second kappa shape index (κ2) is 6.80. The first-order valence-electron chi connectivity index (χ1n) is 6.57. The Morgan fingerprint density at radius 2 is 2.00 bits per heavy atom. The van der Waals surface area contributed by atoms with E-state index in [1.54, 1.807) is 11.3 Å². The molecule has 2 rings (SSSR count). The highest BCUT2D eigenvalue weighted by atomic mass is 32.1. The van der Waals surface area contributed by atoms with Gasteiger partial charge in [-0.15, -0.1) is 11.3 Å². The van der Waals surface area contributed by atoms with Crippen LogP contribution in [0.2, 0.25) is 0 Å². The summed E-state index contributed by atoms with van der Waals surface area (Å²) < 4.78 is 0. The lowest BCUT2D eigenvalue weighted by molar-refractivity contribution is 0.195. The van der Waals surface area contributed by atoms with E-state index in [2.05, 4.69) is 53.4 Å². The maximum atomic E-state index is 9.00. The van der Waals surface area contributed by atoms with E-state index in [0.717, 1.165) is 23.8 Å². The van der Waals surface area contributed by atoms with Crippen LogP contribution in [0.1, 0.15) is 18.2 Å². The van der Waals surface area contributed by atoms with Gasteiger partial charge in [-0.3, -0.25) is 4.90 Å². The second-order valence-corrected chi connectivity index (χ2v) is 5.46. The lowest BCUT2D eigenvalue weighted by Crippen LogP contribution is -2.26. The van der Waals surface area contributed by atoms with E-state index in [1.807, 2.05) is 0 Å². The number of likely N-dealkylation sites (N-methyl/N-ethyl adjacent to an activating group) is 1. The molecule has 102 valence electrons. The molecule has 1 heterocycles. The Morgan fingerprint density at radius 1 is 1.26 bits per heavy atom. The fourth-order valence-corrected chi connectivity index (χ4v) is 2.74. The molecule has 0 saturated heterocycles. The molecule has 0 amide bonds. The number of thiazole rings is 1. The highest BCUT2D eigenvalue weighted by molar-refractivity contribution is 7.13. The summed E-state index contributed by atoms with van der Waals surface area (Å²) in [5.74, 6) is 0. The van der Waals surface area contributed by atoms with Gasteiger partial charge in [0.25, 0.3) is 0 Å². The number of hydrogen-bond donors (Lipinski definition) is 1. The molecule has 4 heteroatoms. The molecule has 3 nitrogen and oxygen atoms in total. The highest BCUT2D eigenvalue weighted by Gasteiger charge is 2.08. The van der Waals surface area contributed by atoms with Crippen molar-refractivity contribution in [3.8, 4) is 10.6 Å². The van der Waals surface area contributed by atoms with Crippen LogP contribution in [0.15, 0.2) is 29.6 Å². The largest absolute Gasteiger partial charge is 0.395 e. The molecular weight excluding hydrogens is 256 g/mol. The summed E-state index contributed by atoms with van der Waals surface area (Å²) in [6, 6.07) is 8.45. The third-order valence-electron chi connectivity index (χ3n) is 3.10. The molecule has 1 aromatic heterocycles. The van der Waals surface area contributed by atoms with Crippen molar-refractivity contribution in [1.82, 2.24) is 9.88 Å². The summed E-state index contributed by atoms with van der Waals surface area (Å²) in [6.07, 6.45) is 0. The van der Waals surface area contributed by atoms with Crippen LogP contribution in [0.25, 0.3) is 10.6 Å². The molecule has 19 heavy (non-hydrogen) atoms. The van der Waals surface area contributed by atoms with Gasteiger partial charge in [0.15, 0.2) is 0 Å². The molecule has 0 aliphatic carbocycles. The standard InChI is InChI=1S/C15H20N2OS/c1-3-17(8-9-18)10-14-11-19-15(16-14)13-6-4-12(2)5-7-13/h4-7,11,18H,3,8-10H2,1-2H3. The topological polar surface area (TPSA) is 36.4 Å². The van der Waals surface area contributed by atoms with E-state index in [9.17, 15) is 0 Å². The molecule has 1 aromatic carbocycles. The fraction of sp³-hybridized carbons (Fsp3) is 0.400. The summed E-state index contributed by atoms with van der Waals surface area (Å²) in [4.78, 5) is 6.86. The number of rotatable bonds is 6. The van der Waals surface area contributed by atoms with Gasteiger partial charge in [-0.05, 0) is 13.5 Å². The summed E-state index contributed by atoms with van der Waals surface area (Å²) in [5, 5.41) is 12.2. The minimum absolute atomic E-state index is 0.197. The van der Waals surface area contributed by atoms with E-state index in [-0.39, 0.29) is 6.61 Å². The Bertz CT molecular complexity index is 507. The Hall–Kier alpha value is -1.23.